The summed E-state index contributed by atoms with van der Waals surface area (Å²) in [6, 6.07) is 9.22. The van der Waals surface area contributed by atoms with Crippen LogP contribution in [0.5, 0.6) is 0 Å². The van der Waals surface area contributed by atoms with Crippen LogP contribution in [-0.2, 0) is 11.3 Å². The first-order valence-electron chi connectivity index (χ1n) is 4.80. The molecule has 0 heterocycles. The summed E-state index contributed by atoms with van der Waals surface area (Å²) in [4.78, 5) is 11.0. The van der Waals surface area contributed by atoms with E-state index in [9.17, 15) is 4.79 Å². The highest BCUT2D eigenvalue weighted by Crippen LogP contribution is 2.00. The van der Waals surface area contributed by atoms with Gasteiger partial charge in [-0.05, 0) is 5.56 Å². The number of benzene rings is 1. The Bertz CT molecular complexity index is 305. The highest BCUT2D eigenvalue weighted by molar-refractivity contribution is 5.67. The van der Waals surface area contributed by atoms with Crippen molar-refractivity contribution in [3.63, 3.8) is 0 Å². The van der Waals surface area contributed by atoms with Gasteiger partial charge in [-0.3, -0.25) is 0 Å². The number of aliphatic hydroxyl groups is 1. The predicted molar refractivity (Wildman–Crippen MR) is 51.7 cm³/mol. The Morgan fingerprint density at radius 1 is 1.50 bits per heavy atom. The summed E-state index contributed by atoms with van der Waals surface area (Å²) in [5.74, 6) is 0. The van der Waals surface area contributed by atoms with Gasteiger partial charge in [-0.2, -0.15) is 0 Å². The van der Waals surface area contributed by atoms with Crippen LogP contribution in [0.25, 0.3) is 0 Å². The first-order valence-corrected chi connectivity index (χ1v) is 4.22. The highest BCUT2D eigenvalue weighted by Gasteiger charge is 2.00. The lowest BCUT2D eigenvalue weighted by molar-refractivity contribution is 0.137. The van der Waals surface area contributed by atoms with E-state index in [1.807, 2.05) is 30.3 Å². The zero-order chi connectivity index (χ0) is 11.1. The molecule has 1 aromatic rings. The highest BCUT2D eigenvalue weighted by atomic mass is 16.5. The minimum Gasteiger partial charge on any atom is -0.445 e. The molecule has 0 aromatic heterocycles. The molecule has 1 rings (SSSR count). The molecule has 1 amide bonds. The van der Waals surface area contributed by atoms with Crippen LogP contribution in [0.4, 0.5) is 4.79 Å². The third kappa shape index (κ3) is 3.91. The lowest BCUT2D eigenvalue weighted by atomic mass is 10.2. The summed E-state index contributed by atoms with van der Waals surface area (Å²) in [5, 5.41) is 10.7. The molecule has 0 fully saturated rings. The maximum absolute atomic E-state index is 11.0. The van der Waals surface area contributed by atoms with Crippen LogP contribution in [0.15, 0.2) is 30.3 Å². The molecule has 0 aliphatic rings. The summed E-state index contributed by atoms with van der Waals surface area (Å²) in [6.07, 6.45) is -0.701. The van der Waals surface area contributed by atoms with Gasteiger partial charge in [-0.25, -0.2) is 4.79 Å². The van der Waals surface area contributed by atoms with Crippen LogP contribution in [0.3, 0.4) is 0 Å². The Morgan fingerprint density at radius 2 is 2.21 bits per heavy atom. The largest absolute Gasteiger partial charge is 0.445 e. The molecule has 1 aromatic carbocycles. The monoisotopic (exact) mass is 196 g/mol. The van der Waals surface area contributed by atoms with Crippen molar-refractivity contribution in [3.8, 4) is 0 Å². The Hall–Kier alpha value is -1.55. The number of carbonyl (C=O) groups excluding carboxylic acids is 1. The van der Waals surface area contributed by atoms with Gasteiger partial charge in [-0.15, -0.1) is 0 Å². The Kier molecular flexibility index (Phi) is 3.86. The molecule has 0 aliphatic heterocycles. The fourth-order valence-electron chi connectivity index (χ4n) is 0.894. The van der Waals surface area contributed by atoms with Gasteiger partial charge in [0.05, 0.1) is 7.98 Å². The number of nitrogens with one attached hydrogen (secondary N) is 1. The van der Waals surface area contributed by atoms with Crippen LogP contribution in [0, 0.1) is 0 Å². The molecule has 0 spiro atoms. The van der Waals surface area contributed by atoms with E-state index in [0.717, 1.165) is 5.56 Å². The molecular formula is C10H13NO3. The molecule has 0 radical (unpaired) electrons. The van der Waals surface area contributed by atoms with Crippen LogP contribution in [-0.4, -0.2) is 24.3 Å². The second kappa shape index (κ2) is 5.99. The van der Waals surface area contributed by atoms with Crippen molar-refractivity contribution >= 4 is 6.09 Å². The lowest BCUT2D eigenvalue weighted by Gasteiger charge is -2.05. The zero-order valence-electron chi connectivity index (χ0n) is 8.64. The van der Waals surface area contributed by atoms with Crippen molar-refractivity contribution in [1.29, 1.82) is 0 Å². The Morgan fingerprint density at radius 3 is 2.86 bits per heavy atom. The minimum absolute atomic E-state index is 0.158. The van der Waals surface area contributed by atoms with Crippen LogP contribution in [0.2, 0.25) is 0 Å². The number of amides is 1. The van der Waals surface area contributed by atoms with Gasteiger partial charge in [-0.1, -0.05) is 30.3 Å². The number of hydrogen-bond donors (Lipinski definition) is 2. The standard InChI is InChI=1S/C10H13NO3/c12-7-6-11-10(13)14-8-9-4-2-1-3-5-9/h1-5,12H,6-8H2,(H,11,13)/i6D. The van der Waals surface area contributed by atoms with E-state index in [1.165, 1.54) is 0 Å². The molecular weight excluding hydrogens is 182 g/mol. The molecule has 0 aliphatic carbocycles. The summed E-state index contributed by atoms with van der Waals surface area (Å²) in [6.45, 7) is -1.31. The summed E-state index contributed by atoms with van der Waals surface area (Å²) < 4.78 is 11.9. The van der Waals surface area contributed by atoms with Gasteiger partial charge in [0, 0.05) is 6.52 Å². The summed E-state index contributed by atoms with van der Waals surface area (Å²) in [7, 11) is 0. The zero-order valence-corrected chi connectivity index (χ0v) is 7.64. The van der Waals surface area contributed by atoms with Gasteiger partial charge < -0.3 is 15.2 Å². The fourth-order valence-corrected chi connectivity index (χ4v) is 0.894. The van der Waals surface area contributed by atoms with Gasteiger partial charge in [0.15, 0.2) is 0 Å². The Balaban J connectivity index is 2.29. The number of rotatable bonds is 4. The molecule has 1 unspecified atom stereocenters. The maximum atomic E-state index is 11.0. The van der Waals surface area contributed by atoms with Crippen LogP contribution in [0.1, 0.15) is 6.93 Å². The van der Waals surface area contributed by atoms with Crippen molar-refractivity contribution < 1.29 is 16.0 Å². The average Bonchev–Trinajstić information content (AvgIpc) is 2.27. The summed E-state index contributed by atoms with van der Waals surface area (Å²) in [5.41, 5.74) is 0.873. The van der Waals surface area contributed by atoms with Gasteiger partial charge >= 0.3 is 6.09 Å². The second-order valence-electron chi connectivity index (χ2n) is 2.59. The minimum atomic E-state index is -1.03. The maximum Gasteiger partial charge on any atom is 0.407 e. The molecule has 1 atom stereocenters. The SMILES string of the molecule is [2H]C(CO)NC(=O)OCc1ccccc1. The van der Waals surface area contributed by atoms with E-state index in [4.69, 9.17) is 11.2 Å². The van der Waals surface area contributed by atoms with E-state index in [-0.39, 0.29) is 6.61 Å². The van der Waals surface area contributed by atoms with Crippen molar-refractivity contribution in [2.75, 3.05) is 13.1 Å². The third-order valence-corrected chi connectivity index (χ3v) is 1.52. The number of aliphatic hydroxyl groups excluding tert-OH is 1. The van der Waals surface area contributed by atoms with Crippen LogP contribution < -0.4 is 5.32 Å². The van der Waals surface area contributed by atoms with E-state index in [2.05, 4.69) is 5.32 Å². The summed E-state index contributed by atoms with van der Waals surface area (Å²) >= 11 is 0. The number of hydrogen-bond acceptors (Lipinski definition) is 3. The molecule has 0 saturated heterocycles. The molecule has 0 bridgehead atoms. The lowest BCUT2D eigenvalue weighted by Crippen LogP contribution is -2.26. The molecule has 4 nitrogen and oxygen atoms in total. The molecule has 4 heteroatoms. The van der Waals surface area contributed by atoms with Gasteiger partial charge in [0.1, 0.15) is 6.61 Å². The van der Waals surface area contributed by atoms with Crippen molar-refractivity contribution in [1.82, 2.24) is 5.32 Å². The fraction of sp³-hybridized carbons (Fsp3) is 0.300. The average molecular weight is 196 g/mol. The molecule has 0 saturated carbocycles. The number of alkyl carbamates (subject to hydrolysis) is 1. The van der Waals surface area contributed by atoms with Crippen molar-refractivity contribution in [3.05, 3.63) is 35.9 Å². The van der Waals surface area contributed by atoms with Crippen LogP contribution >= 0.6 is 0 Å². The van der Waals surface area contributed by atoms with E-state index < -0.39 is 19.2 Å². The van der Waals surface area contributed by atoms with E-state index in [0.29, 0.717) is 0 Å². The molecule has 76 valence electrons. The quantitative estimate of drug-likeness (QED) is 0.752. The van der Waals surface area contributed by atoms with Crippen molar-refractivity contribution in [2.45, 2.75) is 6.61 Å². The first-order chi connectivity index (χ1) is 7.22. The second-order valence-corrected chi connectivity index (χ2v) is 2.59. The number of ether oxygens (including phenoxy) is 1. The van der Waals surface area contributed by atoms with Crippen molar-refractivity contribution in [2.24, 2.45) is 0 Å². The topological polar surface area (TPSA) is 58.6 Å². The Labute approximate surface area is 83.9 Å². The van der Waals surface area contributed by atoms with Gasteiger partial charge in [0.2, 0.25) is 0 Å². The molecule has 14 heavy (non-hydrogen) atoms. The van der Waals surface area contributed by atoms with E-state index >= 15 is 0 Å². The predicted octanol–water partition coefficient (Wildman–Crippen LogP) is 0.905. The normalized spacial score (nSPS) is 12.8. The number of carbonyl (C=O) groups is 1. The molecule has 2 N–H and O–H groups in total. The van der Waals surface area contributed by atoms with Gasteiger partial charge in [0.25, 0.3) is 0 Å². The first kappa shape index (κ1) is 9.02. The third-order valence-electron chi connectivity index (χ3n) is 1.52. The van der Waals surface area contributed by atoms with E-state index in [1.54, 1.807) is 0 Å². The smallest absolute Gasteiger partial charge is 0.407 e.